The Labute approximate surface area is 76.1 Å². The second kappa shape index (κ2) is 6.79. The number of hydrogen-bond donors (Lipinski definition) is 0. The predicted octanol–water partition coefficient (Wildman–Crippen LogP) is 2.06. The van der Waals surface area contributed by atoms with Gasteiger partial charge in [-0.1, -0.05) is 13.8 Å². The highest BCUT2D eigenvalue weighted by Gasteiger charge is 1.85. The van der Waals surface area contributed by atoms with Crippen LogP contribution in [0, 0.1) is 0 Å². The van der Waals surface area contributed by atoms with E-state index in [9.17, 15) is 9.90 Å². The maximum atomic E-state index is 9.26. The van der Waals surface area contributed by atoms with Gasteiger partial charge in [-0.2, -0.15) is 0 Å². The van der Waals surface area contributed by atoms with Crippen LogP contribution in [0.4, 0.5) is 0 Å². The van der Waals surface area contributed by atoms with Gasteiger partial charge in [0.2, 0.25) is 0 Å². The number of rotatable bonds is 2. The molecule has 4 heteroatoms. The van der Waals surface area contributed by atoms with Gasteiger partial charge in [-0.05, 0) is 6.42 Å². The topological polar surface area (TPSA) is 49.9 Å². The lowest BCUT2D eigenvalue weighted by molar-refractivity contribution is -0.142. The Morgan fingerprint density at radius 3 is 2.33 bits per heavy atom. The Morgan fingerprint density at radius 1 is 1.58 bits per heavy atom. The van der Waals surface area contributed by atoms with E-state index in [1.54, 1.807) is 11.3 Å². The Hall–Kier alpha value is -0.900. The molecule has 1 rings (SSSR count). The number of thiazole rings is 1. The molecule has 0 aliphatic rings. The van der Waals surface area contributed by atoms with E-state index in [-0.39, 0.29) is 6.42 Å². The summed E-state index contributed by atoms with van der Waals surface area (Å²) in [5.74, 6) is -0.995. The van der Waals surface area contributed by atoms with Crippen LogP contribution in [0.1, 0.15) is 25.3 Å². The molecule has 0 N–H and O–H groups in total. The zero-order chi connectivity index (χ0) is 9.40. The normalized spacial score (nSPS) is 8.50. The highest BCUT2D eigenvalue weighted by molar-refractivity contribution is 7.09. The molecule has 0 amide bonds. The number of carbonyl (C=O) groups is 1. The number of nitrogens with zero attached hydrogens (tertiary/aromatic N) is 1. The van der Waals surface area contributed by atoms with Crippen molar-refractivity contribution in [1.29, 1.82) is 0 Å². The number of carbonyl (C=O) groups excluding carboxylic acids is 1. The van der Waals surface area contributed by atoms with Crippen molar-refractivity contribution >= 4 is 17.3 Å². The summed E-state index contributed by atoms with van der Waals surface area (Å²) in [4.78, 5) is 13.3. The fraction of sp³-hybridized carbons (Fsp3) is 0.500. The van der Waals surface area contributed by atoms with Crippen molar-refractivity contribution in [1.82, 2.24) is 4.98 Å². The van der Waals surface area contributed by atoms with Crippen LogP contribution in [-0.4, -0.2) is 11.0 Å². The van der Waals surface area contributed by atoms with Crippen molar-refractivity contribution in [3.8, 4) is 0 Å². The highest BCUT2D eigenvalue weighted by Crippen LogP contribution is 2.02. The second-order valence-electron chi connectivity index (χ2n) is 2.00. The first-order chi connectivity index (χ1) is 5.70. The van der Waals surface area contributed by atoms with E-state index in [0.29, 0.717) is 0 Å². The molecule has 67 valence electrons. The van der Waals surface area contributed by atoms with Crippen molar-refractivity contribution in [3.05, 3.63) is 16.6 Å². The van der Waals surface area contributed by atoms with Crippen LogP contribution < -0.4 is 0 Å². The molecule has 0 atom stereocenters. The molecule has 1 radical (unpaired) electrons. The highest BCUT2D eigenvalue weighted by atomic mass is 32.1. The quantitative estimate of drug-likeness (QED) is 0.709. The lowest BCUT2D eigenvalue weighted by atomic mass is 10.5. The third kappa shape index (κ3) is 5.85. The minimum absolute atomic E-state index is 0.111. The summed E-state index contributed by atoms with van der Waals surface area (Å²) in [6, 6.07) is 0. The molecular weight excluding hydrogens is 174 g/mol. The Balaban J connectivity index is 0.000000217. The first-order valence-corrected chi connectivity index (χ1v) is 4.66. The average Bonchev–Trinajstić information content (AvgIpc) is 2.57. The standard InChI is InChI=1S/C5H7NS.C3H5O2/c1-2-5-6-3-4-7-5;1-2-3(4)5/h3-4H,2H2,1H3;2H2,1H3. The van der Waals surface area contributed by atoms with E-state index in [1.807, 2.05) is 11.6 Å². The summed E-state index contributed by atoms with van der Waals surface area (Å²) in [5, 5.41) is 12.5. The molecule has 0 fully saturated rings. The van der Waals surface area contributed by atoms with Gasteiger partial charge in [0.15, 0.2) is 0 Å². The van der Waals surface area contributed by atoms with E-state index >= 15 is 0 Å². The van der Waals surface area contributed by atoms with E-state index < -0.39 is 5.97 Å². The van der Waals surface area contributed by atoms with Crippen molar-refractivity contribution in [2.75, 3.05) is 0 Å². The van der Waals surface area contributed by atoms with E-state index in [2.05, 4.69) is 11.9 Å². The van der Waals surface area contributed by atoms with Gasteiger partial charge in [-0.25, -0.2) is 14.9 Å². The fourth-order valence-corrected chi connectivity index (χ4v) is 0.995. The van der Waals surface area contributed by atoms with Crippen LogP contribution in [0.3, 0.4) is 0 Å². The Morgan fingerprint density at radius 2 is 2.17 bits per heavy atom. The molecule has 0 saturated carbocycles. The van der Waals surface area contributed by atoms with Crippen LogP contribution in [0.25, 0.3) is 0 Å². The largest absolute Gasteiger partial charge is 0.355 e. The smallest absolute Gasteiger partial charge is 0.250 e. The lowest BCUT2D eigenvalue weighted by Crippen LogP contribution is -1.83. The Kier molecular flexibility index (Phi) is 6.28. The summed E-state index contributed by atoms with van der Waals surface area (Å²) in [7, 11) is 0. The van der Waals surface area contributed by atoms with Crippen LogP contribution in [0.15, 0.2) is 11.6 Å². The fourth-order valence-electron chi connectivity index (χ4n) is 0.428. The molecule has 0 spiro atoms. The van der Waals surface area contributed by atoms with E-state index in [4.69, 9.17) is 0 Å². The van der Waals surface area contributed by atoms with Crippen LogP contribution >= 0.6 is 11.3 Å². The van der Waals surface area contributed by atoms with E-state index in [1.165, 1.54) is 11.9 Å². The molecule has 0 saturated heterocycles. The molecule has 12 heavy (non-hydrogen) atoms. The maximum Gasteiger partial charge on any atom is 0.355 e. The molecule has 0 aromatic carbocycles. The van der Waals surface area contributed by atoms with Gasteiger partial charge in [0.1, 0.15) is 0 Å². The summed E-state index contributed by atoms with van der Waals surface area (Å²) in [5.41, 5.74) is 0. The van der Waals surface area contributed by atoms with Crippen molar-refractivity contribution in [2.24, 2.45) is 0 Å². The van der Waals surface area contributed by atoms with Crippen molar-refractivity contribution in [3.63, 3.8) is 0 Å². The van der Waals surface area contributed by atoms with E-state index in [0.717, 1.165) is 6.42 Å². The summed E-state index contributed by atoms with van der Waals surface area (Å²) < 4.78 is 0. The maximum absolute atomic E-state index is 9.26. The molecule has 0 aliphatic heterocycles. The van der Waals surface area contributed by atoms with Gasteiger partial charge in [-0.3, -0.25) is 0 Å². The SMILES string of the molecule is CCC([O])=O.CCc1nccs1. The predicted molar refractivity (Wildman–Crippen MR) is 47.5 cm³/mol. The minimum atomic E-state index is -0.995. The van der Waals surface area contributed by atoms with Crippen LogP contribution in [0.2, 0.25) is 0 Å². The van der Waals surface area contributed by atoms with Gasteiger partial charge in [0.25, 0.3) is 0 Å². The Bertz CT molecular complexity index is 209. The number of aryl methyl sites for hydroxylation is 1. The second-order valence-corrected chi connectivity index (χ2v) is 2.98. The van der Waals surface area contributed by atoms with Gasteiger partial charge >= 0.3 is 5.97 Å². The third-order valence-electron chi connectivity index (χ3n) is 1.07. The average molecular weight is 186 g/mol. The summed E-state index contributed by atoms with van der Waals surface area (Å²) in [6.45, 7) is 3.65. The molecule has 1 aromatic rings. The number of hydrogen-bond acceptors (Lipinski definition) is 3. The monoisotopic (exact) mass is 186 g/mol. The first kappa shape index (κ1) is 11.1. The third-order valence-corrected chi connectivity index (χ3v) is 2.00. The molecule has 1 heterocycles. The molecule has 0 aliphatic carbocycles. The molecule has 3 nitrogen and oxygen atoms in total. The number of aromatic nitrogens is 1. The summed E-state index contributed by atoms with van der Waals surface area (Å²) in [6.07, 6.45) is 3.02. The molecule has 0 unspecified atom stereocenters. The zero-order valence-corrected chi connectivity index (χ0v) is 8.06. The molecule has 1 aromatic heterocycles. The van der Waals surface area contributed by atoms with Crippen molar-refractivity contribution in [2.45, 2.75) is 26.7 Å². The van der Waals surface area contributed by atoms with Gasteiger partial charge in [-0.15, -0.1) is 11.3 Å². The molecular formula is C8H12NO2S. The summed E-state index contributed by atoms with van der Waals surface area (Å²) >= 11 is 1.71. The van der Waals surface area contributed by atoms with Gasteiger partial charge in [0.05, 0.1) is 5.01 Å². The lowest BCUT2D eigenvalue weighted by Gasteiger charge is -1.77. The minimum Gasteiger partial charge on any atom is -0.250 e. The van der Waals surface area contributed by atoms with Gasteiger partial charge in [0, 0.05) is 18.0 Å². The molecule has 0 bridgehead atoms. The van der Waals surface area contributed by atoms with Crippen LogP contribution in [0.5, 0.6) is 0 Å². The van der Waals surface area contributed by atoms with Crippen molar-refractivity contribution < 1.29 is 9.90 Å². The van der Waals surface area contributed by atoms with Crippen LogP contribution in [-0.2, 0) is 16.3 Å². The zero-order valence-electron chi connectivity index (χ0n) is 7.24. The van der Waals surface area contributed by atoms with Gasteiger partial charge < -0.3 is 0 Å². The first-order valence-electron chi connectivity index (χ1n) is 3.78.